The maximum Gasteiger partial charge on any atom is 0.270 e. The molecule has 0 atom stereocenters. The van der Waals surface area contributed by atoms with Gasteiger partial charge in [-0.3, -0.25) is 4.79 Å². The number of methoxy groups -OCH3 is 1. The Hall–Kier alpha value is -1.73. The van der Waals surface area contributed by atoms with Crippen LogP contribution in [0.1, 0.15) is 22.7 Å². The zero-order valence-corrected chi connectivity index (χ0v) is 13.3. The molecule has 0 aliphatic rings. The number of nitrogens with one attached hydrogen (secondary N) is 2. The largest absolute Gasteiger partial charge is 0.385 e. The third-order valence-electron chi connectivity index (χ3n) is 2.75. The highest BCUT2D eigenvalue weighted by atomic mass is 16.5. The summed E-state index contributed by atoms with van der Waals surface area (Å²) >= 11 is 0. The first-order chi connectivity index (χ1) is 10.0. The summed E-state index contributed by atoms with van der Waals surface area (Å²) in [6.45, 7) is 4.58. The van der Waals surface area contributed by atoms with Crippen LogP contribution in [0.25, 0.3) is 0 Å². The van der Waals surface area contributed by atoms with E-state index in [0.29, 0.717) is 30.5 Å². The molecule has 0 radical (unpaired) electrons. The minimum absolute atomic E-state index is 0.178. The van der Waals surface area contributed by atoms with E-state index >= 15 is 0 Å². The Kier molecular flexibility index (Phi) is 7.63. The number of aromatic nitrogens is 2. The number of nitrogens with zero attached hydrogens (tertiary/aromatic N) is 3. The van der Waals surface area contributed by atoms with Gasteiger partial charge in [0, 0.05) is 39.4 Å². The number of aryl methyl sites for hydroxylation is 1. The number of rotatable bonds is 9. The van der Waals surface area contributed by atoms with Gasteiger partial charge >= 0.3 is 0 Å². The highest BCUT2D eigenvalue weighted by molar-refractivity contribution is 5.92. The number of hydrogen-bond acceptors (Lipinski definition) is 6. The topological polar surface area (TPSA) is 79.4 Å². The Morgan fingerprint density at radius 2 is 2.10 bits per heavy atom. The average molecular weight is 295 g/mol. The summed E-state index contributed by atoms with van der Waals surface area (Å²) < 4.78 is 4.99. The van der Waals surface area contributed by atoms with Crippen LogP contribution in [0.3, 0.4) is 0 Å². The summed E-state index contributed by atoms with van der Waals surface area (Å²) in [7, 11) is 5.59. The maximum absolute atomic E-state index is 12.0. The van der Waals surface area contributed by atoms with E-state index in [1.165, 1.54) is 0 Å². The van der Waals surface area contributed by atoms with Gasteiger partial charge in [-0.25, -0.2) is 9.97 Å². The molecule has 21 heavy (non-hydrogen) atoms. The number of carbonyl (C=O) groups excluding carboxylic acids is 1. The number of likely N-dealkylation sites (N-methyl/N-ethyl adjacent to an activating group) is 1. The first-order valence-corrected chi connectivity index (χ1v) is 7.04. The summed E-state index contributed by atoms with van der Waals surface area (Å²) in [4.78, 5) is 22.5. The van der Waals surface area contributed by atoms with E-state index in [1.807, 2.05) is 19.0 Å². The Bertz CT molecular complexity index is 451. The molecule has 1 rings (SSSR count). The van der Waals surface area contributed by atoms with E-state index in [2.05, 4.69) is 20.6 Å². The summed E-state index contributed by atoms with van der Waals surface area (Å²) in [5, 5.41) is 6.01. The summed E-state index contributed by atoms with van der Waals surface area (Å²) in [6.07, 6.45) is 0.879. The first kappa shape index (κ1) is 17.3. The fourth-order valence-electron chi connectivity index (χ4n) is 1.69. The number of anilines is 1. The van der Waals surface area contributed by atoms with Crippen LogP contribution in [0.4, 0.5) is 5.82 Å². The monoisotopic (exact) mass is 295 g/mol. The third kappa shape index (κ3) is 7.01. The van der Waals surface area contributed by atoms with E-state index in [-0.39, 0.29) is 5.91 Å². The van der Waals surface area contributed by atoms with Crippen molar-refractivity contribution in [2.24, 2.45) is 0 Å². The molecule has 0 aromatic carbocycles. The second-order valence-corrected chi connectivity index (χ2v) is 5.02. The SMILES string of the molecule is COCCCNc1cc(C(=O)NCCN(C)C)nc(C)n1. The second-order valence-electron chi connectivity index (χ2n) is 5.02. The molecule has 0 fully saturated rings. The Morgan fingerprint density at radius 1 is 1.33 bits per heavy atom. The van der Waals surface area contributed by atoms with Crippen molar-refractivity contribution in [3.63, 3.8) is 0 Å². The van der Waals surface area contributed by atoms with Gasteiger partial charge < -0.3 is 20.3 Å². The van der Waals surface area contributed by atoms with Crippen molar-refractivity contribution in [2.75, 3.05) is 52.8 Å². The van der Waals surface area contributed by atoms with Crippen LogP contribution in [-0.4, -0.2) is 68.2 Å². The minimum Gasteiger partial charge on any atom is -0.385 e. The van der Waals surface area contributed by atoms with Crippen molar-refractivity contribution in [1.82, 2.24) is 20.2 Å². The van der Waals surface area contributed by atoms with Crippen molar-refractivity contribution < 1.29 is 9.53 Å². The van der Waals surface area contributed by atoms with Gasteiger partial charge in [0.05, 0.1) is 0 Å². The van der Waals surface area contributed by atoms with E-state index in [4.69, 9.17) is 4.74 Å². The van der Waals surface area contributed by atoms with Crippen molar-refractivity contribution in [2.45, 2.75) is 13.3 Å². The lowest BCUT2D eigenvalue weighted by atomic mass is 10.3. The molecule has 118 valence electrons. The number of carbonyl (C=O) groups is 1. The van der Waals surface area contributed by atoms with Crippen LogP contribution in [-0.2, 0) is 4.74 Å². The van der Waals surface area contributed by atoms with Gasteiger partial charge in [-0.2, -0.15) is 0 Å². The van der Waals surface area contributed by atoms with Gasteiger partial charge in [0.1, 0.15) is 17.3 Å². The van der Waals surface area contributed by atoms with E-state index in [1.54, 1.807) is 20.1 Å². The van der Waals surface area contributed by atoms with Gasteiger partial charge in [-0.15, -0.1) is 0 Å². The molecule has 1 aromatic heterocycles. The lowest BCUT2D eigenvalue weighted by Gasteiger charge is -2.11. The second kappa shape index (κ2) is 9.25. The normalized spacial score (nSPS) is 10.7. The van der Waals surface area contributed by atoms with Gasteiger partial charge in [-0.05, 0) is 27.4 Å². The molecule has 7 heteroatoms. The fraction of sp³-hybridized carbons (Fsp3) is 0.643. The van der Waals surface area contributed by atoms with Crippen molar-refractivity contribution in [3.05, 3.63) is 17.6 Å². The van der Waals surface area contributed by atoms with Crippen LogP contribution >= 0.6 is 0 Å². The molecule has 0 unspecified atom stereocenters. The van der Waals surface area contributed by atoms with Gasteiger partial charge in [-0.1, -0.05) is 0 Å². The molecule has 0 saturated heterocycles. The molecule has 0 bridgehead atoms. The zero-order valence-electron chi connectivity index (χ0n) is 13.3. The summed E-state index contributed by atoms with van der Waals surface area (Å²) in [5.41, 5.74) is 0.385. The van der Waals surface area contributed by atoms with E-state index in [9.17, 15) is 4.79 Å². The molecule has 0 spiro atoms. The van der Waals surface area contributed by atoms with Crippen molar-refractivity contribution >= 4 is 11.7 Å². The highest BCUT2D eigenvalue weighted by Crippen LogP contribution is 2.06. The Balaban J connectivity index is 2.57. The van der Waals surface area contributed by atoms with Crippen LogP contribution < -0.4 is 10.6 Å². The van der Waals surface area contributed by atoms with Gasteiger partial charge in [0.25, 0.3) is 5.91 Å². The van der Waals surface area contributed by atoms with Crippen molar-refractivity contribution in [3.8, 4) is 0 Å². The standard InChI is InChI=1S/C14H25N5O2/c1-11-17-12(14(20)16-7-8-19(2)3)10-13(18-11)15-6-5-9-21-4/h10H,5-9H2,1-4H3,(H,16,20)(H,15,17,18). The number of ether oxygens (including phenoxy) is 1. The molecule has 7 nitrogen and oxygen atoms in total. The van der Waals surface area contributed by atoms with Crippen LogP contribution in [0.2, 0.25) is 0 Å². The Labute approximate surface area is 126 Å². The molecule has 1 amide bonds. The third-order valence-corrected chi connectivity index (χ3v) is 2.75. The molecule has 1 aromatic rings. The molecule has 2 N–H and O–H groups in total. The molecule has 0 aliphatic carbocycles. The predicted molar refractivity (Wildman–Crippen MR) is 82.6 cm³/mol. The zero-order chi connectivity index (χ0) is 15.7. The van der Waals surface area contributed by atoms with Gasteiger partial charge in [0.2, 0.25) is 0 Å². The van der Waals surface area contributed by atoms with Crippen LogP contribution in [0, 0.1) is 6.92 Å². The molecule has 1 heterocycles. The predicted octanol–water partition coefficient (Wildman–Crippen LogP) is 0.525. The van der Waals surface area contributed by atoms with Crippen LogP contribution in [0.15, 0.2) is 6.07 Å². The molecule has 0 saturated carbocycles. The summed E-state index contributed by atoms with van der Waals surface area (Å²) in [6, 6.07) is 1.67. The van der Waals surface area contributed by atoms with E-state index in [0.717, 1.165) is 19.5 Å². The smallest absolute Gasteiger partial charge is 0.270 e. The Morgan fingerprint density at radius 3 is 2.76 bits per heavy atom. The maximum atomic E-state index is 12.0. The number of amides is 1. The molecular weight excluding hydrogens is 270 g/mol. The number of hydrogen-bond donors (Lipinski definition) is 2. The summed E-state index contributed by atoms with van der Waals surface area (Å²) in [5.74, 6) is 1.06. The lowest BCUT2D eigenvalue weighted by molar-refractivity contribution is 0.0945. The van der Waals surface area contributed by atoms with Gasteiger partial charge in [0.15, 0.2) is 0 Å². The average Bonchev–Trinajstić information content (AvgIpc) is 2.42. The first-order valence-electron chi connectivity index (χ1n) is 7.04. The lowest BCUT2D eigenvalue weighted by Crippen LogP contribution is -2.32. The molecule has 0 aliphatic heterocycles. The molecular formula is C14H25N5O2. The van der Waals surface area contributed by atoms with E-state index < -0.39 is 0 Å². The minimum atomic E-state index is -0.178. The highest BCUT2D eigenvalue weighted by Gasteiger charge is 2.10. The van der Waals surface area contributed by atoms with Crippen molar-refractivity contribution in [1.29, 1.82) is 0 Å². The fourth-order valence-corrected chi connectivity index (χ4v) is 1.69. The quantitative estimate of drug-likeness (QED) is 0.647. The van der Waals surface area contributed by atoms with Crippen LogP contribution in [0.5, 0.6) is 0 Å².